The Bertz CT molecular complexity index is 1960. The first kappa shape index (κ1) is 34.6. The van der Waals surface area contributed by atoms with Crippen molar-refractivity contribution in [2.24, 2.45) is 0 Å². The second-order valence-corrected chi connectivity index (χ2v) is 14.0. The molecule has 244 valence electrons. The predicted octanol–water partition coefficient (Wildman–Crippen LogP) is 9.29. The van der Waals surface area contributed by atoms with E-state index in [1.54, 1.807) is 72.8 Å². The molecule has 0 spiro atoms. The maximum atomic E-state index is 13.5. The summed E-state index contributed by atoms with van der Waals surface area (Å²) in [7, 11) is 1.53. The third kappa shape index (κ3) is 8.97. The Kier molecular flexibility index (Phi) is 11.1. The van der Waals surface area contributed by atoms with E-state index in [2.05, 4.69) is 31.9 Å². The summed E-state index contributed by atoms with van der Waals surface area (Å²) in [5, 5.41) is 8.86. The van der Waals surface area contributed by atoms with Crippen LogP contribution in [0.15, 0.2) is 129 Å². The number of hydrogen-bond acceptors (Lipinski definition) is 6. The number of nitrogens with one attached hydrogen (secondary N) is 3. The molecule has 0 aliphatic carbocycles. The molecule has 0 saturated carbocycles. The molecule has 3 amide bonds. The highest BCUT2D eigenvalue weighted by Crippen LogP contribution is 2.35. The number of rotatable bonds is 11. The standard InChI is InChI=1S/C37H31BrClN3O5S/c1-37(2,36(45)41-27-15-19-33(46-3)30(39)21-27)48-29-17-13-26(14-18-29)40-35(44)31(42-34(43)24-7-5-4-6-8-24)22-28-16-20-32(47-28)23-9-11-25(38)12-10-23/h4-22H,1-3H3,(H,40,44)(H,41,45)(H,42,43)/b31-22-. The van der Waals surface area contributed by atoms with E-state index >= 15 is 0 Å². The van der Waals surface area contributed by atoms with Crippen LogP contribution in [0.5, 0.6) is 5.75 Å². The first-order chi connectivity index (χ1) is 23.0. The molecular weight excluding hydrogens is 714 g/mol. The van der Waals surface area contributed by atoms with Gasteiger partial charge >= 0.3 is 0 Å². The van der Waals surface area contributed by atoms with Gasteiger partial charge in [-0.3, -0.25) is 14.4 Å². The van der Waals surface area contributed by atoms with Gasteiger partial charge in [0.2, 0.25) is 5.91 Å². The van der Waals surface area contributed by atoms with Crippen LogP contribution in [0.3, 0.4) is 0 Å². The summed E-state index contributed by atoms with van der Waals surface area (Å²) in [5.74, 6) is 0.315. The van der Waals surface area contributed by atoms with E-state index in [0.29, 0.717) is 39.2 Å². The molecule has 8 nitrogen and oxygen atoms in total. The van der Waals surface area contributed by atoms with E-state index in [0.717, 1.165) is 14.9 Å². The Labute approximate surface area is 296 Å². The summed E-state index contributed by atoms with van der Waals surface area (Å²) < 4.78 is 11.3. The molecule has 5 aromatic rings. The molecule has 5 rings (SSSR count). The number of carbonyl (C=O) groups excluding carboxylic acids is 3. The number of benzene rings is 4. The fourth-order valence-corrected chi connectivity index (χ4v) is 5.98. The molecule has 0 aliphatic rings. The van der Waals surface area contributed by atoms with E-state index in [1.807, 2.05) is 50.2 Å². The van der Waals surface area contributed by atoms with Crippen molar-refractivity contribution in [2.75, 3.05) is 17.7 Å². The molecule has 4 aromatic carbocycles. The van der Waals surface area contributed by atoms with Gasteiger partial charge < -0.3 is 25.1 Å². The number of furan rings is 1. The molecule has 3 N–H and O–H groups in total. The maximum absolute atomic E-state index is 13.5. The molecule has 48 heavy (non-hydrogen) atoms. The number of ether oxygens (including phenoxy) is 1. The minimum Gasteiger partial charge on any atom is -0.495 e. The lowest BCUT2D eigenvalue weighted by atomic mass is 10.2. The lowest BCUT2D eigenvalue weighted by Crippen LogP contribution is -2.33. The third-order valence-corrected chi connectivity index (χ3v) is 9.04. The lowest BCUT2D eigenvalue weighted by molar-refractivity contribution is -0.117. The Morgan fingerprint density at radius 1 is 0.854 bits per heavy atom. The van der Waals surface area contributed by atoms with Crippen LogP contribution in [0, 0.1) is 0 Å². The van der Waals surface area contributed by atoms with Gasteiger partial charge in [0.1, 0.15) is 23.0 Å². The number of thioether (sulfide) groups is 1. The van der Waals surface area contributed by atoms with Crippen molar-refractivity contribution in [3.05, 3.63) is 136 Å². The zero-order chi connectivity index (χ0) is 34.3. The van der Waals surface area contributed by atoms with E-state index < -0.39 is 16.6 Å². The number of methoxy groups -OCH3 is 1. The van der Waals surface area contributed by atoms with Crippen molar-refractivity contribution in [1.29, 1.82) is 0 Å². The zero-order valence-electron chi connectivity index (χ0n) is 26.2. The van der Waals surface area contributed by atoms with E-state index in [9.17, 15) is 14.4 Å². The minimum atomic E-state index is -0.840. The highest BCUT2D eigenvalue weighted by molar-refractivity contribution is 9.10. The third-order valence-electron chi connectivity index (χ3n) is 7.01. The van der Waals surface area contributed by atoms with Gasteiger partial charge in [-0.1, -0.05) is 57.9 Å². The molecular formula is C37H31BrClN3O5S. The van der Waals surface area contributed by atoms with Gasteiger partial charge in [0.15, 0.2) is 0 Å². The number of hydrogen-bond donors (Lipinski definition) is 3. The number of amides is 3. The second kappa shape index (κ2) is 15.4. The van der Waals surface area contributed by atoms with E-state index in [4.69, 9.17) is 20.8 Å². The first-order valence-electron chi connectivity index (χ1n) is 14.7. The summed E-state index contributed by atoms with van der Waals surface area (Å²) in [5.41, 5.74) is 2.31. The van der Waals surface area contributed by atoms with Crippen LogP contribution in [-0.4, -0.2) is 29.6 Å². The van der Waals surface area contributed by atoms with Gasteiger partial charge in [0, 0.05) is 37.9 Å². The van der Waals surface area contributed by atoms with Crippen molar-refractivity contribution in [3.63, 3.8) is 0 Å². The minimum absolute atomic E-state index is 0.00421. The maximum Gasteiger partial charge on any atom is 0.272 e. The predicted molar refractivity (Wildman–Crippen MR) is 195 cm³/mol. The molecule has 0 saturated heterocycles. The van der Waals surface area contributed by atoms with E-state index in [1.165, 1.54) is 24.9 Å². The van der Waals surface area contributed by atoms with Crippen molar-refractivity contribution < 1.29 is 23.5 Å². The fraction of sp³-hybridized carbons (Fsp3) is 0.108. The first-order valence-corrected chi connectivity index (χ1v) is 16.7. The molecule has 0 atom stereocenters. The Morgan fingerprint density at radius 3 is 2.21 bits per heavy atom. The Morgan fingerprint density at radius 2 is 1.54 bits per heavy atom. The molecule has 11 heteroatoms. The Hall–Kier alpha value is -4.77. The summed E-state index contributed by atoms with van der Waals surface area (Å²) in [6, 6.07) is 31.9. The van der Waals surface area contributed by atoms with E-state index in [-0.39, 0.29) is 11.6 Å². The van der Waals surface area contributed by atoms with Crippen LogP contribution in [0.25, 0.3) is 17.4 Å². The van der Waals surface area contributed by atoms with Gasteiger partial charge in [-0.15, -0.1) is 11.8 Å². The van der Waals surface area contributed by atoms with Crippen LogP contribution in [0.2, 0.25) is 5.02 Å². The molecule has 1 aromatic heterocycles. The highest BCUT2D eigenvalue weighted by atomic mass is 79.9. The van der Waals surface area contributed by atoms with Crippen molar-refractivity contribution in [3.8, 4) is 17.1 Å². The zero-order valence-corrected chi connectivity index (χ0v) is 29.3. The fourth-order valence-electron chi connectivity index (χ4n) is 4.46. The highest BCUT2D eigenvalue weighted by Gasteiger charge is 2.29. The van der Waals surface area contributed by atoms with Crippen LogP contribution in [-0.2, 0) is 9.59 Å². The average molecular weight is 745 g/mol. The van der Waals surface area contributed by atoms with Crippen molar-refractivity contribution in [2.45, 2.75) is 23.5 Å². The SMILES string of the molecule is COc1ccc(NC(=O)C(C)(C)Sc2ccc(NC(=O)/C(=C/c3ccc(-c4ccc(Br)cc4)o3)NC(=O)c3ccccc3)cc2)cc1Cl. The average Bonchev–Trinajstić information content (AvgIpc) is 3.54. The van der Waals surface area contributed by atoms with Crippen molar-refractivity contribution >= 4 is 74.5 Å². The van der Waals surface area contributed by atoms with Gasteiger partial charge in [0.05, 0.1) is 16.9 Å². The molecule has 0 fully saturated rings. The quantitative estimate of drug-likeness (QED) is 0.0919. The normalized spacial score (nSPS) is 11.5. The molecule has 1 heterocycles. The van der Waals surface area contributed by atoms with Crippen molar-refractivity contribution in [1.82, 2.24) is 5.32 Å². The lowest BCUT2D eigenvalue weighted by Gasteiger charge is -2.23. The van der Waals surface area contributed by atoms with Crippen LogP contribution in [0.1, 0.15) is 30.0 Å². The van der Waals surface area contributed by atoms with Crippen LogP contribution < -0.4 is 20.7 Å². The topological polar surface area (TPSA) is 110 Å². The summed E-state index contributed by atoms with van der Waals surface area (Å²) in [4.78, 5) is 40.5. The van der Waals surface area contributed by atoms with Crippen LogP contribution >= 0.6 is 39.3 Å². The summed E-state index contributed by atoms with van der Waals surface area (Å²) in [6.07, 6.45) is 1.49. The van der Waals surface area contributed by atoms with Gasteiger partial charge in [-0.2, -0.15) is 0 Å². The van der Waals surface area contributed by atoms with Gasteiger partial charge in [-0.25, -0.2) is 0 Å². The smallest absolute Gasteiger partial charge is 0.272 e. The summed E-state index contributed by atoms with van der Waals surface area (Å²) in [6.45, 7) is 3.63. The largest absolute Gasteiger partial charge is 0.495 e. The number of carbonyl (C=O) groups is 3. The molecule has 0 unspecified atom stereocenters. The van der Waals surface area contributed by atoms with Gasteiger partial charge in [-0.05, 0) is 92.7 Å². The van der Waals surface area contributed by atoms with Crippen LogP contribution in [0.4, 0.5) is 11.4 Å². The molecule has 0 bridgehead atoms. The van der Waals surface area contributed by atoms with Gasteiger partial charge in [0.25, 0.3) is 11.8 Å². The number of halogens is 2. The number of anilines is 2. The summed E-state index contributed by atoms with van der Waals surface area (Å²) >= 11 is 11.0. The second-order valence-electron chi connectivity index (χ2n) is 11.0. The molecule has 0 radical (unpaired) electrons. The molecule has 0 aliphatic heterocycles. The Balaban J connectivity index is 1.29. The monoisotopic (exact) mass is 743 g/mol.